The van der Waals surface area contributed by atoms with Crippen molar-refractivity contribution >= 4 is 21.6 Å². The highest BCUT2D eigenvalue weighted by Crippen LogP contribution is 2.22. The minimum atomic E-state index is 0.649. The van der Waals surface area contributed by atoms with Crippen LogP contribution in [0.15, 0.2) is 24.3 Å². The molecule has 0 saturated carbocycles. The predicted molar refractivity (Wildman–Crippen MR) is 74.9 cm³/mol. The van der Waals surface area contributed by atoms with Crippen LogP contribution in [0.3, 0.4) is 0 Å². The number of fused-ring (bicyclic) bond motifs is 1. The van der Waals surface area contributed by atoms with Gasteiger partial charge in [-0.2, -0.15) is 0 Å². The van der Waals surface area contributed by atoms with E-state index < -0.39 is 0 Å². The second-order valence-corrected chi connectivity index (χ2v) is 5.92. The molecule has 0 aliphatic carbocycles. The zero-order valence-electron chi connectivity index (χ0n) is 10.4. The molecule has 0 radical (unpaired) electrons. The molecule has 1 unspecified atom stereocenters. The molecule has 3 rings (SSSR count). The maximum atomic E-state index is 5.80. The van der Waals surface area contributed by atoms with Crippen LogP contribution in [0.25, 0.3) is 10.2 Å². The Morgan fingerprint density at radius 1 is 1.39 bits per heavy atom. The maximum Gasteiger partial charge on any atom is 0.120 e. The van der Waals surface area contributed by atoms with E-state index in [9.17, 15) is 0 Å². The van der Waals surface area contributed by atoms with Crippen LogP contribution in [-0.4, -0.2) is 24.7 Å². The Labute approximate surface area is 111 Å². The minimum Gasteiger partial charge on any atom is -0.374 e. The number of benzene rings is 1. The van der Waals surface area contributed by atoms with Crippen molar-refractivity contribution in [2.45, 2.75) is 19.4 Å². The van der Waals surface area contributed by atoms with Crippen molar-refractivity contribution in [3.05, 3.63) is 29.3 Å². The zero-order chi connectivity index (χ0) is 12.2. The molecule has 96 valence electrons. The summed E-state index contributed by atoms with van der Waals surface area (Å²) in [6, 6.07) is 8.25. The van der Waals surface area contributed by atoms with Crippen molar-refractivity contribution in [1.82, 2.24) is 10.3 Å². The molecule has 1 aromatic carbocycles. The third-order valence-electron chi connectivity index (χ3n) is 3.32. The lowest BCUT2D eigenvalue weighted by Gasteiger charge is -2.22. The fourth-order valence-electron chi connectivity index (χ4n) is 2.36. The third-order valence-corrected chi connectivity index (χ3v) is 4.33. The summed E-state index contributed by atoms with van der Waals surface area (Å²) >= 11 is 1.73. The van der Waals surface area contributed by atoms with E-state index in [4.69, 9.17) is 4.74 Å². The summed E-state index contributed by atoms with van der Waals surface area (Å²) < 4.78 is 7.04. The lowest BCUT2D eigenvalue weighted by atomic mass is 10.0. The van der Waals surface area contributed by atoms with Gasteiger partial charge in [0.05, 0.1) is 23.4 Å². The van der Waals surface area contributed by atoms with Crippen LogP contribution < -0.4 is 5.32 Å². The van der Waals surface area contributed by atoms with Crippen molar-refractivity contribution in [2.24, 2.45) is 5.92 Å². The summed E-state index contributed by atoms with van der Waals surface area (Å²) in [5.41, 5.74) is 1.08. The first kappa shape index (κ1) is 12.1. The van der Waals surface area contributed by atoms with Gasteiger partial charge in [0.2, 0.25) is 0 Å². The number of piperidine rings is 1. The Morgan fingerprint density at radius 2 is 2.33 bits per heavy atom. The monoisotopic (exact) mass is 262 g/mol. The molecule has 1 atom stereocenters. The first-order valence-corrected chi connectivity index (χ1v) is 7.36. The van der Waals surface area contributed by atoms with Crippen LogP contribution >= 0.6 is 11.3 Å². The number of nitrogens with one attached hydrogen (secondary N) is 1. The van der Waals surface area contributed by atoms with E-state index in [1.165, 1.54) is 17.5 Å². The van der Waals surface area contributed by atoms with Crippen LogP contribution in [0, 0.1) is 5.92 Å². The molecule has 18 heavy (non-hydrogen) atoms. The second kappa shape index (κ2) is 5.78. The van der Waals surface area contributed by atoms with E-state index >= 15 is 0 Å². The third kappa shape index (κ3) is 2.88. The summed E-state index contributed by atoms with van der Waals surface area (Å²) in [5, 5.41) is 4.50. The fourth-order valence-corrected chi connectivity index (χ4v) is 3.27. The number of nitrogens with zero attached hydrogens (tertiary/aromatic N) is 1. The van der Waals surface area contributed by atoms with E-state index in [1.54, 1.807) is 11.3 Å². The average molecular weight is 262 g/mol. The SMILES string of the molecule is c1ccc2sc(COCC3CCCNC3)nc2c1. The Kier molecular flexibility index (Phi) is 3.88. The smallest absolute Gasteiger partial charge is 0.120 e. The number of ether oxygens (including phenoxy) is 1. The quantitative estimate of drug-likeness (QED) is 0.920. The highest BCUT2D eigenvalue weighted by Gasteiger charge is 2.13. The fraction of sp³-hybridized carbons (Fsp3) is 0.500. The number of aromatic nitrogens is 1. The van der Waals surface area contributed by atoms with Gasteiger partial charge >= 0.3 is 0 Å². The van der Waals surface area contributed by atoms with Gasteiger partial charge < -0.3 is 10.1 Å². The van der Waals surface area contributed by atoms with E-state index in [2.05, 4.69) is 28.5 Å². The van der Waals surface area contributed by atoms with Gasteiger partial charge in [0.15, 0.2) is 0 Å². The predicted octanol–water partition coefficient (Wildman–Crippen LogP) is 2.81. The maximum absolute atomic E-state index is 5.80. The van der Waals surface area contributed by atoms with E-state index in [0.29, 0.717) is 12.5 Å². The molecule has 1 N–H and O–H groups in total. The molecular formula is C14H18N2OS. The minimum absolute atomic E-state index is 0.649. The van der Waals surface area contributed by atoms with Gasteiger partial charge in [-0.1, -0.05) is 12.1 Å². The molecule has 0 amide bonds. The Hall–Kier alpha value is -0.970. The molecule has 4 heteroatoms. The van der Waals surface area contributed by atoms with Gasteiger partial charge in [-0.15, -0.1) is 11.3 Å². The molecule has 3 nitrogen and oxygen atoms in total. The molecule has 2 aromatic rings. The standard InChI is InChI=1S/C14H18N2OS/c1-2-6-13-12(5-1)16-14(18-13)10-17-9-11-4-3-7-15-8-11/h1-2,5-6,11,15H,3-4,7-10H2. The van der Waals surface area contributed by atoms with Crippen LogP contribution in [0.1, 0.15) is 17.8 Å². The molecule has 0 bridgehead atoms. The second-order valence-electron chi connectivity index (χ2n) is 4.80. The summed E-state index contributed by atoms with van der Waals surface area (Å²) in [5.74, 6) is 0.674. The Balaban J connectivity index is 1.53. The number of para-hydroxylation sites is 1. The summed E-state index contributed by atoms with van der Waals surface area (Å²) in [6.45, 7) is 3.76. The van der Waals surface area contributed by atoms with Gasteiger partial charge in [-0.25, -0.2) is 4.98 Å². The Morgan fingerprint density at radius 3 is 3.17 bits per heavy atom. The van der Waals surface area contributed by atoms with Gasteiger partial charge in [0.25, 0.3) is 0 Å². The van der Waals surface area contributed by atoms with Crippen LogP contribution in [0.4, 0.5) is 0 Å². The number of hydrogen-bond acceptors (Lipinski definition) is 4. The highest BCUT2D eigenvalue weighted by molar-refractivity contribution is 7.18. The summed E-state index contributed by atoms with van der Waals surface area (Å²) in [4.78, 5) is 4.57. The zero-order valence-corrected chi connectivity index (χ0v) is 11.2. The first-order chi connectivity index (χ1) is 8.92. The van der Waals surface area contributed by atoms with E-state index in [0.717, 1.165) is 30.2 Å². The first-order valence-electron chi connectivity index (χ1n) is 6.55. The van der Waals surface area contributed by atoms with Crippen molar-refractivity contribution in [3.8, 4) is 0 Å². The molecule has 1 aliphatic heterocycles. The van der Waals surface area contributed by atoms with Crippen molar-refractivity contribution < 1.29 is 4.74 Å². The van der Waals surface area contributed by atoms with Crippen molar-refractivity contribution in [2.75, 3.05) is 19.7 Å². The molecule has 1 saturated heterocycles. The molecule has 1 aliphatic rings. The molecular weight excluding hydrogens is 244 g/mol. The van der Waals surface area contributed by atoms with Crippen molar-refractivity contribution in [1.29, 1.82) is 0 Å². The number of hydrogen-bond donors (Lipinski definition) is 1. The van der Waals surface area contributed by atoms with Crippen LogP contribution in [-0.2, 0) is 11.3 Å². The largest absolute Gasteiger partial charge is 0.374 e. The van der Waals surface area contributed by atoms with Gasteiger partial charge in [0.1, 0.15) is 5.01 Å². The molecule has 0 spiro atoms. The number of thiazole rings is 1. The van der Waals surface area contributed by atoms with Gasteiger partial charge in [-0.05, 0) is 37.4 Å². The van der Waals surface area contributed by atoms with Gasteiger partial charge in [-0.3, -0.25) is 0 Å². The van der Waals surface area contributed by atoms with E-state index in [1.807, 2.05) is 6.07 Å². The van der Waals surface area contributed by atoms with Crippen LogP contribution in [0.5, 0.6) is 0 Å². The van der Waals surface area contributed by atoms with E-state index in [-0.39, 0.29) is 0 Å². The Bertz CT molecular complexity index is 472. The molecule has 1 fully saturated rings. The van der Waals surface area contributed by atoms with Crippen LogP contribution in [0.2, 0.25) is 0 Å². The highest BCUT2D eigenvalue weighted by atomic mass is 32.1. The lowest BCUT2D eigenvalue weighted by molar-refractivity contribution is 0.0782. The molecule has 1 aromatic heterocycles. The van der Waals surface area contributed by atoms with Crippen molar-refractivity contribution in [3.63, 3.8) is 0 Å². The topological polar surface area (TPSA) is 34.1 Å². The number of rotatable bonds is 4. The average Bonchev–Trinajstić information content (AvgIpc) is 2.82. The summed E-state index contributed by atoms with van der Waals surface area (Å²) in [7, 11) is 0. The normalized spacial score (nSPS) is 20.3. The lowest BCUT2D eigenvalue weighted by Crippen LogP contribution is -2.32. The van der Waals surface area contributed by atoms with Gasteiger partial charge in [0, 0.05) is 6.54 Å². The molecule has 2 heterocycles. The summed E-state index contributed by atoms with van der Waals surface area (Å²) in [6.07, 6.45) is 2.56.